The quantitative estimate of drug-likeness (QED) is 0.638. The van der Waals surface area contributed by atoms with Gasteiger partial charge in [0.25, 0.3) is 5.91 Å². The second-order valence-electron chi connectivity index (χ2n) is 7.76. The summed E-state index contributed by atoms with van der Waals surface area (Å²) in [5.41, 5.74) is 3.38. The summed E-state index contributed by atoms with van der Waals surface area (Å²) >= 11 is 0. The molecular weight excluding hydrogens is 402 g/mol. The van der Waals surface area contributed by atoms with Gasteiger partial charge in [-0.05, 0) is 42.0 Å². The lowest BCUT2D eigenvalue weighted by atomic mass is 10.1. The van der Waals surface area contributed by atoms with Gasteiger partial charge in [-0.1, -0.05) is 42.5 Å². The molecule has 0 aromatic heterocycles. The highest BCUT2D eigenvalue weighted by Crippen LogP contribution is 2.27. The molecule has 1 aliphatic rings. The molecule has 6 heteroatoms. The summed E-state index contributed by atoms with van der Waals surface area (Å²) in [4.78, 5) is 28.5. The van der Waals surface area contributed by atoms with Crippen LogP contribution in [-0.4, -0.2) is 42.9 Å². The number of amides is 2. The summed E-state index contributed by atoms with van der Waals surface area (Å²) in [6, 6.07) is 24.9. The Kier molecular flexibility index (Phi) is 6.70. The Labute approximate surface area is 188 Å². The zero-order valence-electron chi connectivity index (χ0n) is 18.2. The summed E-state index contributed by atoms with van der Waals surface area (Å²) in [6.07, 6.45) is 0. The summed E-state index contributed by atoms with van der Waals surface area (Å²) < 4.78 is 5.80. The molecule has 0 bridgehead atoms. The highest BCUT2D eigenvalue weighted by atomic mass is 16.5. The molecule has 0 atom stereocenters. The first kappa shape index (κ1) is 21.4. The number of carbonyl (C=O) groups is 2. The van der Waals surface area contributed by atoms with Gasteiger partial charge in [0.05, 0.1) is 11.4 Å². The van der Waals surface area contributed by atoms with E-state index in [1.165, 1.54) is 0 Å². The summed E-state index contributed by atoms with van der Waals surface area (Å²) in [7, 11) is 0. The lowest BCUT2D eigenvalue weighted by Crippen LogP contribution is -2.48. The van der Waals surface area contributed by atoms with Crippen LogP contribution in [0.15, 0.2) is 78.9 Å². The molecule has 0 saturated carbocycles. The normalized spacial score (nSPS) is 13.5. The number of ether oxygens (including phenoxy) is 1. The van der Waals surface area contributed by atoms with Gasteiger partial charge in [0.1, 0.15) is 12.4 Å². The average molecular weight is 430 g/mol. The fourth-order valence-corrected chi connectivity index (χ4v) is 3.76. The number of hydrogen-bond donors (Lipinski definition) is 1. The van der Waals surface area contributed by atoms with Gasteiger partial charge in [0.2, 0.25) is 5.91 Å². The maximum atomic E-state index is 12.9. The molecule has 0 spiro atoms. The number of anilines is 2. The van der Waals surface area contributed by atoms with Crippen molar-refractivity contribution in [1.82, 2.24) is 4.90 Å². The smallest absolute Gasteiger partial charge is 0.255 e. The van der Waals surface area contributed by atoms with E-state index in [9.17, 15) is 9.59 Å². The first-order valence-corrected chi connectivity index (χ1v) is 10.8. The molecule has 164 valence electrons. The summed E-state index contributed by atoms with van der Waals surface area (Å²) in [5, 5.41) is 3.03. The van der Waals surface area contributed by atoms with Crippen LogP contribution in [-0.2, 0) is 11.4 Å². The van der Waals surface area contributed by atoms with E-state index in [4.69, 9.17) is 4.74 Å². The second kappa shape index (κ2) is 10.0. The molecular formula is C26H27N3O3. The van der Waals surface area contributed by atoms with E-state index >= 15 is 0 Å². The second-order valence-corrected chi connectivity index (χ2v) is 7.76. The van der Waals surface area contributed by atoms with E-state index in [2.05, 4.69) is 10.2 Å². The Balaban J connectivity index is 1.38. The standard InChI is InChI=1S/C26H27N3O3/c1-20(30)28-15-17-29(18-16-28)25-10-6-5-9-24(25)27-26(31)22-11-13-23(14-12-22)32-19-21-7-3-2-4-8-21/h2-14H,15-19H2,1H3,(H,27,31). The number of hydrogen-bond acceptors (Lipinski definition) is 4. The Morgan fingerprint density at radius 3 is 2.19 bits per heavy atom. The first-order valence-electron chi connectivity index (χ1n) is 10.8. The third-order valence-electron chi connectivity index (χ3n) is 5.58. The van der Waals surface area contributed by atoms with Crippen molar-refractivity contribution in [2.75, 3.05) is 36.4 Å². The van der Waals surface area contributed by atoms with Crippen LogP contribution >= 0.6 is 0 Å². The van der Waals surface area contributed by atoms with E-state index in [1.54, 1.807) is 19.1 Å². The number of benzene rings is 3. The number of rotatable bonds is 6. The molecule has 4 rings (SSSR count). The van der Waals surface area contributed by atoms with Crippen LogP contribution in [0.3, 0.4) is 0 Å². The van der Waals surface area contributed by atoms with E-state index in [-0.39, 0.29) is 11.8 Å². The lowest BCUT2D eigenvalue weighted by molar-refractivity contribution is -0.129. The molecule has 3 aromatic carbocycles. The van der Waals surface area contributed by atoms with E-state index in [0.29, 0.717) is 31.0 Å². The van der Waals surface area contributed by atoms with Gasteiger partial charge in [-0.25, -0.2) is 0 Å². The lowest BCUT2D eigenvalue weighted by Gasteiger charge is -2.36. The van der Waals surface area contributed by atoms with Gasteiger partial charge in [-0.15, -0.1) is 0 Å². The molecule has 6 nitrogen and oxygen atoms in total. The third-order valence-corrected chi connectivity index (χ3v) is 5.58. The van der Waals surface area contributed by atoms with E-state index < -0.39 is 0 Å². The summed E-state index contributed by atoms with van der Waals surface area (Å²) in [6.45, 7) is 4.92. The van der Waals surface area contributed by atoms with Crippen LogP contribution in [0.5, 0.6) is 5.75 Å². The van der Waals surface area contributed by atoms with E-state index in [1.807, 2.05) is 71.6 Å². The summed E-state index contributed by atoms with van der Waals surface area (Å²) in [5.74, 6) is 0.644. The van der Waals surface area contributed by atoms with Crippen molar-refractivity contribution in [3.05, 3.63) is 90.0 Å². The number of nitrogens with zero attached hydrogens (tertiary/aromatic N) is 2. The monoisotopic (exact) mass is 429 g/mol. The Hall–Kier alpha value is -3.80. The fourth-order valence-electron chi connectivity index (χ4n) is 3.76. The SMILES string of the molecule is CC(=O)N1CCN(c2ccccc2NC(=O)c2ccc(OCc3ccccc3)cc2)CC1. The molecule has 1 heterocycles. The molecule has 0 unspecified atom stereocenters. The van der Waals surface area contributed by atoms with Gasteiger partial charge < -0.3 is 19.9 Å². The number of nitrogens with one attached hydrogen (secondary N) is 1. The average Bonchev–Trinajstić information content (AvgIpc) is 2.84. The molecule has 1 N–H and O–H groups in total. The maximum absolute atomic E-state index is 12.9. The molecule has 1 fully saturated rings. The maximum Gasteiger partial charge on any atom is 0.255 e. The van der Waals surface area contributed by atoms with Crippen molar-refractivity contribution in [2.24, 2.45) is 0 Å². The topological polar surface area (TPSA) is 61.9 Å². The predicted molar refractivity (Wildman–Crippen MR) is 126 cm³/mol. The highest BCUT2D eigenvalue weighted by molar-refractivity contribution is 6.06. The molecule has 32 heavy (non-hydrogen) atoms. The third kappa shape index (κ3) is 5.27. The Morgan fingerprint density at radius 2 is 1.50 bits per heavy atom. The first-order chi connectivity index (χ1) is 15.6. The number of piperazine rings is 1. The highest BCUT2D eigenvalue weighted by Gasteiger charge is 2.21. The fraction of sp³-hybridized carbons (Fsp3) is 0.231. The largest absolute Gasteiger partial charge is 0.489 e. The van der Waals surface area contributed by atoms with Gasteiger partial charge in [-0.3, -0.25) is 9.59 Å². The minimum Gasteiger partial charge on any atom is -0.489 e. The van der Waals surface area contributed by atoms with Crippen LogP contribution in [0.4, 0.5) is 11.4 Å². The van der Waals surface area contributed by atoms with Crippen LogP contribution in [0.2, 0.25) is 0 Å². The molecule has 3 aromatic rings. The number of para-hydroxylation sites is 2. The van der Waals surface area contributed by atoms with Gasteiger partial charge in [0, 0.05) is 38.7 Å². The minimum atomic E-state index is -0.172. The zero-order chi connectivity index (χ0) is 22.3. The van der Waals surface area contributed by atoms with Crippen molar-refractivity contribution in [3.8, 4) is 5.75 Å². The molecule has 1 saturated heterocycles. The predicted octanol–water partition coefficient (Wildman–Crippen LogP) is 4.19. The molecule has 0 aliphatic carbocycles. The van der Waals surface area contributed by atoms with Gasteiger partial charge >= 0.3 is 0 Å². The number of carbonyl (C=O) groups excluding carboxylic acids is 2. The van der Waals surface area contributed by atoms with Crippen molar-refractivity contribution in [2.45, 2.75) is 13.5 Å². The molecule has 0 radical (unpaired) electrons. The van der Waals surface area contributed by atoms with Crippen molar-refractivity contribution >= 4 is 23.2 Å². The Bertz CT molecular complexity index is 1060. The molecule has 2 amide bonds. The van der Waals surface area contributed by atoms with Gasteiger partial charge in [-0.2, -0.15) is 0 Å². The van der Waals surface area contributed by atoms with Crippen molar-refractivity contribution < 1.29 is 14.3 Å². The van der Waals surface area contributed by atoms with Crippen LogP contribution in [0.1, 0.15) is 22.8 Å². The van der Waals surface area contributed by atoms with Crippen LogP contribution < -0.4 is 15.0 Å². The van der Waals surface area contributed by atoms with Crippen molar-refractivity contribution in [1.29, 1.82) is 0 Å². The van der Waals surface area contributed by atoms with E-state index in [0.717, 1.165) is 30.0 Å². The van der Waals surface area contributed by atoms with Crippen molar-refractivity contribution in [3.63, 3.8) is 0 Å². The molecule has 1 aliphatic heterocycles. The van der Waals surface area contributed by atoms with Crippen LogP contribution in [0.25, 0.3) is 0 Å². The minimum absolute atomic E-state index is 0.0995. The van der Waals surface area contributed by atoms with Gasteiger partial charge in [0.15, 0.2) is 0 Å². The van der Waals surface area contributed by atoms with Crippen LogP contribution in [0, 0.1) is 0 Å². The zero-order valence-corrected chi connectivity index (χ0v) is 18.2. The Morgan fingerprint density at radius 1 is 0.844 bits per heavy atom.